The van der Waals surface area contributed by atoms with Gasteiger partial charge in [-0.15, -0.1) is 11.6 Å². The molecule has 0 fully saturated rings. The maximum atomic E-state index is 12.4. The van der Waals surface area contributed by atoms with E-state index in [9.17, 15) is 4.79 Å². The van der Waals surface area contributed by atoms with Crippen LogP contribution in [-0.4, -0.2) is 12.4 Å². The van der Waals surface area contributed by atoms with Gasteiger partial charge in [-0.1, -0.05) is 42.5 Å². The summed E-state index contributed by atoms with van der Waals surface area (Å²) in [6, 6.07) is 16.5. The number of hydrogen-bond donors (Lipinski definition) is 0. The number of Topliss-reactive ketones (excluding diaryl/α,β-unsaturated/α-hetero) is 1. The molecule has 98 valence electrons. The first-order valence-corrected chi connectivity index (χ1v) is 6.62. The highest BCUT2D eigenvalue weighted by Gasteiger charge is 2.22. The van der Waals surface area contributed by atoms with Crippen molar-refractivity contribution in [1.29, 1.82) is 0 Å². The van der Waals surface area contributed by atoms with Crippen LogP contribution < -0.4 is 4.74 Å². The van der Waals surface area contributed by atoms with E-state index in [4.69, 9.17) is 16.3 Å². The number of carbonyl (C=O) groups is 1. The average molecular weight is 275 g/mol. The quantitative estimate of drug-likeness (QED) is 0.602. The lowest BCUT2D eigenvalue weighted by molar-refractivity contribution is 0.0983. The number of benzene rings is 2. The molecule has 0 saturated carbocycles. The molecular formula is C16H15ClO2. The fourth-order valence-corrected chi connectivity index (χ4v) is 2.12. The highest BCUT2D eigenvalue weighted by atomic mass is 35.5. The molecule has 0 aromatic heterocycles. The van der Waals surface area contributed by atoms with E-state index in [2.05, 4.69) is 0 Å². The van der Waals surface area contributed by atoms with Crippen LogP contribution in [0.15, 0.2) is 54.6 Å². The van der Waals surface area contributed by atoms with Crippen molar-refractivity contribution in [2.45, 2.75) is 12.3 Å². The first-order chi connectivity index (χ1) is 9.24. The van der Waals surface area contributed by atoms with Crippen molar-refractivity contribution in [3.8, 4) is 5.75 Å². The van der Waals surface area contributed by atoms with Gasteiger partial charge in [0.2, 0.25) is 0 Å². The summed E-state index contributed by atoms with van der Waals surface area (Å²) in [6.07, 6.45) is 0. The van der Waals surface area contributed by atoms with Crippen LogP contribution in [0.3, 0.4) is 0 Å². The molecule has 0 aliphatic rings. The van der Waals surface area contributed by atoms with Gasteiger partial charge < -0.3 is 4.74 Å². The predicted molar refractivity (Wildman–Crippen MR) is 77.0 cm³/mol. The molecule has 0 amide bonds. The number of alkyl halides is 1. The third kappa shape index (κ3) is 3.15. The van der Waals surface area contributed by atoms with Crippen molar-refractivity contribution >= 4 is 17.4 Å². The van der Waals surface area contributed by atoms with Crippen molar-refractivity contribution in [1.82, 2.24) is 0 Å². The summed E-state index contributed by atoms with van der Waals surface area (Å²) < 4.78 is 5.46. The molecule has 0 aliphatic heterocycles. The number of hydrogen-bond acceptors (Lipinski definition) is 2. The number of ketones is 1. The SMILES string of the molecule is CCOc1ccccc1C(=O)C(Cl)c1ccccc1. The van der Waals surface area contributed by atoms with Gasteiger partial charge in [0.1, 0.15) is 11.1 Å². The molecule has 0 N–H and O–H groups in total. The van der Waals surface area contributed by atoms with Crippen LogP contribution in [-0.2, 0) is 0 Å². The first-order valence-electron chi connectivity index (χ1n) is 6.19. The Bertz CT molecular complexity index is 552. The van der Waals surface area contributed by atoms with Gasteiger partial charge in [-0.3, -0.25) is 4.79 Å². The molecule has 2 aromatic rings. The molecule has 2 nitrogen and oxygen atoms in total. The molecule has 1 atom stereocenters. The summed E-state index contributed by atoms with van der Waals surface area (Å²) in [4.78, 5) is 12.4. The van der Waals surface area contributed by atoms with Gasteiger partial charge in [0, 0.05) is 0 Å². The lowest BCUT2D eigenvalue weighted by atomic mass is 10.0. The van der Waals surface area contributed by atoms with E-state index in [1.165, 1.54) is 0 Å². The Morgan fingerprint density at radius 2 is 1.74 bits per heavy atom. The molecule has 0 saturated heterocycles. The first kappa shape index (κ1) is 13.6. The molecule has 0 bridgehead atoms. The van der Waals surface area contributed by atoms with Gasteiger partial charge >= 0.3 is 0 Å². The van der Waals surface area contributed by atoms with E-state index >= 15 is 0 Å². The summed E-state index contributed by atoms with van der Waals surface area (Å²) in [5.74, 6) is 0.438. The van der Waals surface area contributed by atoms with E-state index in [1.54, 1.807) is 12.1 Å². The van der Waals surface area contributed by atoms with Crippen LogP contribution in [0.1, 0.15) is 28.2 Å². The monoisotopic (exact) mass is 274 g/mol. The van der Waals surface area contributed by atoms with Crippen LogP contribution in [0, 0.1) is 0 Å². The molecule has 0 radical (unpaired) electrons. The van der Waals surface area contributed by atoms with Crippen LogP contribution in [0.4, 0.5) is 0 Å². The van der Waals surface area contributed by atoms with E-state index in [-0.39, 0.29) is 5.78 Å². The van der Waals surface area contributed by atoms with Gasteiger partial charge in [-0.25, -0.2) is 0 Å². The summed E-state index contributed by atoms with van der Waals surface area (Å²) in [5, 5.41) is -0.692. The third-order valence-electron chi connectivity index (χ3n) is 2.77. The molecule has 2 rings (SSSR count). The van der Waals surface area contributed by atoms with Gasteiger partial charge in [-0.05, 0) is 24.6 Å². The van der Waals surface area contributed by atoms with Crippen LogP contribution in [0.2, 0.25) is 0 Å². The van der Waals surface area contributed by atoms with E-state index in [0.29, 0.717) is 17.9 Å². The van der Waals surface area contributed by atoms with Crippen molar-refractivity contribution < 1.29 is 9.53 Å². The van der Waals surface area contributed by atoms with E-state index < -0.39 is 5.38 Å². The summed E-state index contributed by atoms with van der Waals surface area (Å²) >= 11 is 6.26. The van der Waals surface area contributed by atoms with Crippen LogP contribution >= 0.6 is 11.6 Å². The molecule has 0 spiro atoms. The van der Waals surface area contributed by atoms with Gasteiger partial charge in [0.05, 0.1) is 12.2 Å². The normalized spacial score (nSPS) is 11.9. The molecule has 1 unspecified atom stereocenters. The Kier molecular flexibility index (Phi) is 4.58. The van der Waals surface area contributed by atoms with Crippen molar-refractivity contribution in [2.75, 3.05) is 6.61 Å². The fourth-order valence-electron chi connectivity index (χ4n) is 1.86. The topological polar surface area (TPSA) is 26.3 Å². The lowest BCUT2D eigenvalue weighted by Crippen LogP contribution is -2.09. The van der Waals surface area contributed by atoms with Crippen molar-refractivity contribution in [3.05, 3.63) is 65.7 Å². The molecule has 2 aromatic carbocycles. The van der Waals surface area contributed by atoms with E-state index in [1.807, 2.05) is 49.4 Å². The fraction of sp³-hybridized carbons (Fsp3) is 0.188. The number of rotatable bonds is 5. The minimum atomic E-state index is -0.692. The van der Waals surface area contributed by atoms with Crippen molar-refractivity contribution in [2.24, 2.45) is 0 Å². The zero-order valence-electron chi connectivity index (χ0n) is 10.7. The maximum Gasteiger partial charge on any atom is 0.188 e. The second-order valence-corrected chi connectivity index (χ2v) is 4.50. The summed E-state index contributed by atoms with van der Waals surface area (Å²) in [6.45, 7) is 2.40. The Balaban J connectivity index is 2.29. The van der Waals surface area contributed by atoms with E-state index in [0.717, 1.165) is 5.56 Å². The lowest BCUT2D eigenvalue weighted by Gasteiger charge is -2.12. The molecule has 0 aliphatic carbocycles. The zero-order valence-corrected chi connectivity index (χ0v) is 11.4. The van der Waals surface area contributed by atoms with Crippen molar-refractivity contribution in [3.63, 3.8) is 0 Å². The third-order valence-corrected chi connectivity index (χ3v) is 3.22. The van der Waals surface area contributed by atoms with Crippen LogP contribution in [0.25, 0.3) is 0 Å². The number of ether oxygens (including phenoxy) is 1. The Morgan fingerprint density at radius 1 is 1.11 bits per heavy atom. The summed E-state index contributed by atoms with van der Waals surface area (Å²) in [7, 11) is 0. The predicted octanol–water partition coefficient (Wildman–Crippen LogP) is 4.25. The number of halogens is 1. The summed E-state index contributed by atoms with van der Waals surface area (Å²) in [5.41, 5.74) is 1.31. The van der Waals surface area contributed by atoms with Gasteiger partial charge in [-0.2, -0.15) is 0 Å². The Morgan fingerprint density at radius 3 is 2.42 bits per heavy atom. The second kappa shape index (κ2) is 6.39. The second-order valence-electron chi connectivity index (χ2n) is 4.07. The standard InChI is InChI=1S/C16H15ClO2/c1-2-19-14-11-7-6-10-13(14)16(18)15(17)12-8-4-3-5-9-12/h3-11,15H,2H2,1H3. The largest absolute Gasteiger partial charge is 0.493 e. The maximum absolute atomic E-state index is 12.4. The number of para-hydroxylation sites is 1. The van der Waals surface area contributed by atoms with Crippen LogP contribution in [0.5, 0.6) is 5.75 Å². The van der Waals surface area contributed by atoms with Gasteiger partial charge in [0.25, 0.3) is 0 Å². The minimum Gasteiger partial charge on any atom is -0.493 e. The Hall–Kier alpha value is -1.80. The minimum absolute atomic E-state index is 0.142. The number of carbonyl (C=O) groups excluding carboxylic acids is 1. The molecule has 19 heavy (non-hydrogen) atoms. The van der Waals surface area contributed by atoms with Gasteiger partial charge in [0.15, 0.2) is 5.78 Å². The zero-order chi connectivity index (χ0) is 13.7. The highest BCUT2D eigenvalue weighted by Crippen LogP contribution is 2.29. The molecule has 3 heteroatoms. The molecule has 0 heterocycles. The Labute approximate surface area is 118 Å². The average Bonchev–Trinajstić information content (AvgIpc) is 2.47. The smallest absolute Gasteiger partial charge is 0.188 e. The molecular weight excluding hydrogens is 260 g/mol. The highest BCUT2D eigenvalue weighted by molar-refractivity contribution is 6.34.